The van der Waals surface area contributed by atoms with Gasteiger partial charge in [0.05, 0.1) is 6.33 Å². The first-order chi connectivity index (χ1) is 9.22. The van der Waals surface area contributed by atoms with E-state index >= 15 is 0 Å². The predicted octanol–water partition coefficient (Wildman–Crippen LogP) is 2.28. The monoisotopic (exact) mass is 275 g/mol. The van der Waals surface area contributed by atoms with Crippen molar-refractivity contribution in [3.05, 3.63) is 53.1 Å². The van der Waals surface area contributed by atoms with Gasteiger partial charge >= 0.3 is 0 Å². The molecular weight excluding hydrogens is 262 g/mol. The topological polar surface area (TPSA) is 46.9 Å². The summed E-state index contributed by atoms with van der Waals surface area (Å²) in [6, 6.07) is 7.17. The van der Waals surface area contributed by atoms with E-state index in [-0.39, 0.29) is 11.9 Å². The fourth-order valence-corrected chi connectivity index (χ4v) is 2.58. The fourth-order valence-electron chi connectivity index (χ4n) is 2.39. The lowest BCUT2D eigenvalue weighted by atomic mass is 10.0. The molecular formula is C14H14ClN3O. The number of nitrogens with zero attached hydrogens (tertiary/aromatic N) is 2. The molecule has 0 bridgehead atoms. The van der Waals surface area contributed by atoms with Crippen LogP contribution in [0.15, 0.2) is 36.8 Å². The number of hydrogen-bond donors (Lipinski definition) is 1. The average molecular weight is 276 g/mol. The SMILES string of the molecule is O=C(NC1CCn2cncc2C1)c1cccc(Cl)c1. The van der Waals surface area contributed by atoms with Crippen LogP contribution in [0.2, 0.25) is 5.02 Å². The molecule has 98 valence electrons. The van der Waals surface area contributed by atoms with Gasteiger partial charge in [-0.05, 0) is 24.6 Å². The Labute approximate surface area is 116 Å². The molecule has 0 spiro atoms. The minimum atomic E-state index is -0.0690. The third-order valence-corrected chi connectivity index (χ3v) is 3.63. The molecule has 1 aromatic carbocycles. The third-order valence-electron chi connectivity index (χ3n) is 3.39. The smallest absolute Gasteiger partial charge is 0.251 e. The van der Waals surface area contributed by atoms with E-state index in [0.29, 0.717) is 10.6 Å². The van der Waals surface area contributed by atoms with Crippen LogP contribution in [0.25, 0.3) is 0 Å². The summed E-state index contributed by atoms with van der Waals surface area (Å²) in [5, 5.41) is 3.63. The zero-order chi connectivity index (χ0) is 13.2. The highest BCUT2D eigenvalue weighted by Crippen LogP contribution is 2.15. The molecule has 0 fully saturated rings. The standard InChI is InChI=1S/C14H14ClN3O/c15-11-3-1-2-10(6-11)14(19)17-12-4-5-18-9-16-8-13(18)7-12/h1-3,6,8-9,12H,4-5,7H2,(H,17,19). The maximum absolute atomic E-state index is 12.1. The average Bonchev–Trinajstić information content (AvgIpc) is 2.86. The first kappa shape index (κ1) is 12.2. The Morgan fingerprint density at radius 3 is 3.21 bits per heavy atom. The summed E-state index contributed by atoms with van der Waals surface area (Å²) in [5.74, 6) is -0.0690. The summed E-state index contributed by atoms with van der Waals surface area (Å²) >= 11 is 5.89. The van der Waals surface area contributed by atoms with Crippen LogP contribution < -0.4 is 5.32 Å². The van der Waals surface area contributed by atoms with Gasteiger partial charge in [-0.25, -0.2) is 4.98 Å². The van der Waals surface area contributed by atoms with Crippen molar-refractivity contribution in [2.45, 2.75) is 25.4 Å². The van der Waals surface area contributed by atoms with E-state index in [4.69, 9.17) is 11.6 Å². The number of nitrogens with one attached hydrogen (secondary N) is 1. The van der Waals surface area contributed by atoms with Crippen LogP contribution in [0.3, 0.4) is 0 Å². The second kappa shape index (κ2) is 5.05. The lowest BCUT2D eigenvalue weighted by Crippen LogP contribution is -2.39. The number of rotatable bonds is 2. The first-order valence-electron chi connectivity index (χ1n) is 6.28. The molecule has 0 radical (unpaired) electrons. The Bertz CT molecular complexity index is 608. The van der Waals surface area contributed by atoms with Gasteiger partial charge in [-0.15, -0.1) is 0 Å². The van der Waals surface area contributed by atoms with Crippen molar-refractivity contribution in [3.63, 3.8) is 0 Å². The number of imidazole rings is 1. The predicted molar refractivity (Wildman–Crippen MR) is 73.3 cm³/mol. The van der Waals surface area contributed by atoms with Crippen LogP contribution in [0, 0.1) is 0 Å². The number of aromatic nitrogens is 2. The number of halogens is 1. The van der Waals surface area contributed by atoms with E-state index in [1.165, 1.54) is 5.69 Å². The van der Waals surface area contributed by atoms with Gasteiger partial charge in [0.15, 0.2) is 0 Å². The number of amides is 1. The lowest BCUT2D eigenvalue weighted by Gasteiger charge is -2.24. The fraction of sp³-hybridized carbons (Fsp3) is 0.286. The lowest BCUT2D eigenvalue weighted by molar-refractivity contribution is 0.0931. The molecule has 1 N–H and O–H groups in total. The summed E-state index contributed by atoms with van der Waals surface area (Å²) in [5.41, 5.74) is 1.77. The Morgan fingerprint density at radius 2 is 2.37 bits per heavy atom. The molecule has 1 unspecified atom stereocenters. The molecule has 0 aliphatic carbocycles. The Balaban J connectivity index is 1.68. The van der Waals surface area contributed by atoms with Crippen molar-refractivity contribution in [2.75, 3.05) is 0 Å². The molecule has 1 amide bonds. The van der Waals surface area contributed by atoms with Gasteiger partial charge in [-0.2, -0.15) is 0 Å². The van der Waals surface area contributed by atoms with E-state index < -0.39 is 0 Å². The van der Waals surface area contributed by atoms with Crippen molar-refractivity contribution in [2.24, 2.45) is 0 Å². The molecule has 2 heterocycles. The van der Waals surface area contributed by atoms with Crippen LogP contribution in [-0.2, 0) is 13.0 Å². The minimum Gasteiger partial charge on any atom is -0.349 e. The largest absolute Gasteiger partial charge is 0.349 e. The second-order valence-electron chi connectivity index (χ2n) is 4.75. The van der Waals surface area contributed by atoms with Crippen molar-refractivity contribution < 1.29 is 4.79 Å². The Hall–Kier alpha value is -1.81. The highest BCUT2D eigenvalue weighted by Gasteiger charge is 2.20. The number of fused-ring (bicyclic) bond motifs is 1. The van der Waals surface area contributed by atoms with Crippen molar-refractivity contribution in [3.8, 4) is 0 Å². The second-order valence-corrected chi connectivity index (χ2v) is 5.19. The quantitative estimate of drug-likeness (QED) is 0.914. The normalized spacial score (nSPS) is 17.8. The number of carbonyl (C=O) groups is 1. The molecule has 1 aromatic heterocycles. The summed E-state index contributed by atoms with van der Waals surface area (Å²) in [6.07, 6.45) is 5.45. The van der Waals surface area contributed by atoms with Gasteiger partial charge in [0.25, 0.3) is 5.91 Å². The van der Waals surface area contributed by atoms with E-state index in [1.54, 1.807) is 24.3 Å². The number of hydrogen-bond acceptors (Lipinski definition) is 2. The number of carbonyl (C=O) groups excluding carboxylic acids is 1. The summed E-state index contributed by atoms with van der Waals surface area (Å²) in [7, 11) is 0. The Kier molecular flexibility index (Phi) is 3.25. The van der Waals surface area contributed by atoms with Crippen molar-refractivity contribution >= 4 is 17.5 Å². The van der Waals surface area contributed by atoms with Gasteiger partial charge in [0.2, 0.25) is 0 Å². The molecule has 1 aliphatic rings. The van der Waals surface area contributed by atoms with Crippen molar-refractivity contribution in [1.82, 2.24) is 14.9 Å². The highest BCUT2D eigenvalue weighted by atomic mass is 35.5. The molecule has 1 atom stereocenters. The maximum atomic E-state index is 12.1. The van der Waals surface area contributed by atoms with Crippen molar-refractivity contribution in [1.29, 1.82) is 0 Å². The van der Waals surface area contributed by atoms with Crippen LogP contribution >= 0.6 is 11.6 Å². The van der Waals surface area contributed by atoms with Crippen LogP contribution in [-0.4, -0.2) is 21.5 Å². The van der Waals surface area contributed by atoms with E-state index in [0.717, 1.165) is 19.4 Å². The van der Waals surface area contributed by atoms with Crippen LogP contribution in [0.5, 0.6) is 0 Å². The summed E-state index contributed by atoms with van der Waals surface area (Å²) in [4.78, 5) is 16.2. The zero-order valence-electron chi connectivity index (χ0n) is 10.3. The van der Waals surface area contributed by atoms with E-state index in [9.17, 15) is 4.79 Å². The number of aryl methyl sites for hydroxylation is 1. The van der Waals surface area contributed by atoms with Crippen LogP contribution in [0.4, 0.5) is 0 Å². The minimum absolute atomic E-state index is 0.0690. The molecule has 5 heteroatoms. The van der Waals surface area contributed by atoms with Gasteiger partial charge < -0.3 is 9.88 Å². The molecule has 0 saturated heterocycles. The van der Waals surface area contributed by atoms with Gasteiger partial charge in [-0.3, -0.25) is 4.79 Å². The molecule has 4 nitrogen and oxygen atoms in total. The molecule has 3 rings (SSSR count). The summed E-state index contributed by atoms with van der Waals surface area (Å²) < 4.78 is 2.13. The van der Waals surface area contributed by atoms with Gasteiger partial charge in [0, 0.05) is 41.5 Å². The van der Waals surface area contributed by atoms with Gasteiger partial charge in [-0.1, -0.05) is 17.7 Å². The molecule has 19 heavy (non-hydrogen) atoms. The summed E-state index contributed by atoms with van der Waals surface area (Å²) in [6.45, 7) is 0.899. The zero-order valence-corrected chi connectivity index (χ0v) is 11.1. The number of benzene rings is 1. The third kappa shape index (κ3) is 2.63. The van der Waals surface area contributed by atoms with E-state index in [1.807, 2.05) is 12.5 Å². The molecule has 0 saturated carbocycles. The van der Waals surface area contributed by atoms with E-state index in [2.05, 4.69) is 14.9 Å². The molecule has 1 aliphatic heterocycles. The maximum Gasteiger partial charge on any atom is 0.251 e. The first-order valence-corrected chi connectivity index (χ1v) is 6.65. The molecule has 2 aromatic rings. The van der Waals surface area contributed by atoms with Crippen LogP contribution in [0.1, 0.15) is 22.5 Å². The van der Waals surface area contributed by atoms with Gasteiger partial charge in [0.1, 0.15) is 0 Å². The Morgan fingerprint density at radius 1 is 1.47 bits per heavy atom. The highest BCUT2D eigenvalue weighted by molar-refractivity contribution is 6.30.